The monoisotopic (exact) mass is 267 g/mol. The van der Waals surface area contributed by atoms with Gasteiger partial charge >= 0.3 is 6.09 Å². The average Bonchev–Trinajstić information content (AvgIpc) is 2.81. The molecule has 0 aliphatic heterocycles. The van der Waals surface area contributed by atoms with Crippen LogP contribution in [0, 0.1) is 0 Å². The Kier molecular flexibility index (Phi) is 3.09. The van der Waals surface area contributed by atoms with Crippen LogP contribution in [-0.2, 0) is 7.05 Å². The van der Waals surface area contributed by atoms with Gasteiger partial charge in [0.1, 0.15) is 5.75 Å². The van der Waals surface area contributed by atoms with Crippen molar-refractivity contribution in [2.75, 3.05) is 5.32 Å². The highest BCUT2D eigenvalue weighted by atomic mass is 16.6. The largest absolute Gasteiger partial charge is 0.417 e. The van der Waals surface area contributed by atoms with Gasteiger partial charge in [-0.25, -0.2) is 4.79 Å². The molecule has 1 amide bonds. The van der Waals surface area contributed by atoms with Gasteiger partial charge in [0.05, 0.1) is 11.7 Å². The van der Waals surface area contributed by atoms with Gasteiger partial charge in [-0.1, -0.05) is 18.2 Å². The first kappa shape index (κ1) is 12.2. The molecule has 5 heteroatoms. The van der Waals surface area contributed by atoms with Crippen molar-refractivity contribution >= 4 is 22.7 Å². The number of ether oxygens (including phenoxy) is 1. The highest BCUT2D eigenvalue weighted by Gasteiger charge is 2.06. The number of aromatic nitrogens is 2. The van der Waals surface area contributed by atoms with Crippen LogP contribution in [0.1, 0.15) is 0 Å². The number of hydrogen-bond donors (Lipinski definition) is 1. The first-order chi connectivity index (χ1) is 9.72. The number of nitrogens with zero attached hydrogens (tertiary/aromatic N) is 2. The molecule has 0 saturated heterocycles. The molecule has 20 heavy (non-hydrogen) atoms. The number of amides is 1. The molecular weight excluding hydrogens is 254 g/mol. The number of nitrogens with one attached hydrogen (secondary N) is 1. The predicted molar refractivity (Wildman–Crippen MR) is 76.8 cm³/mol. The fourth-order valence-electron chi connectivity index (χ4n) is 1.98. The number of carbonyl (C=O) groups excluding carboxylic acids is 1. The third kappa shape index (κ3) is 2.47. The fraction of sp³-hybridized carbons (Fsp3) is 0.0667. The van der Waals surface area contributed by atoms with Gasteiger partial charge < -0.3 is 4.74 Å². The second kappa shape index (κ2) is 5.05. The summed E-state index contributed by atoms with van der Waals surface area (Å²) in [6.45, 7) is 0. The van der Waals surface area contributed by atoms with E-state index in [-0.39, 0.29) is 0 Å². The summed E-state index contributed by atoms with van der Waals surface area (Å²) < 4.78 is 6.94. The van der Waals surface area contributed by atoms with Gasteiger partial charge in [-0.15, -0.1) is 0 Å². The van der Waals surface area contributed by atoms with E-state index < -0.39 is 6.09 Å². The topological polar surface area (TPSA) is 56.2 Å². The van der Waals surface area contributed by atoms with E-state index in [1.54, 1.807) is 23.0 Å². The summed E-state index contributed by atoms with van der Waals surface area (Å²) in [5, 5.41) is 7.81. The van der Waals surface area contributed by atoms with Crippen molar-refractivity contribution in [1.29, 1.82) is 0 Å². The van der Waals surface area contributed by atoms with E-state index in [1.165, 1.54) is 0 Å². The van der Waals surface area contributed by atoms with Crippen LogP contribution < -0.4 is 10.1 Å². The second-order valence-corrected chi connectivity index (χ2v) is 4.37. The number of hydrogen-bond acceptors (Lipinski definition) is 3. The molecule has 0 saturated carbocycles. The molecule has 0 spiro atoms. The third-order valence-electron chi connectivity index (χ3n) is 2.95. The number of carbonyl (C=O) groups is 1. The highest BCUT2D eigenvalue weighted by Crippen LogP contribution is 2.18. The number of aryl methyl sites for hydroxylation is 1. The molecule has 1 heterocycles. The van der Waals surface area contributed by atoms with Gasteiger partial charge in [0.25, 0.3) is 0 Å². The van der Waals surface area contributed by atoms with Gasteiger partial charge in [0.15, 0.2) is 0 Å². The summed E-state index contributed by atoms with van der Waals surface area (Å²) >= 11 is 0. The Hall–Kier alpha value is -2.82. The van der Waals surface area contributed by atoms with E-state index >= 15 is 0 Å². The predicted octanol–water partition coefficient (Wildman–Crippen LogP) is 3.18. The molecule has 0 atom stereocenters. The number of fused-ring (bicyclic) bond motifs is 1. The van der Waals surface area contributed by atoms with Crippen molar-refractivity contribution < 1.29 is 9.53 Å². The minimum Gasteiger partial charge on any atom is -0.410 e. The number of benzene rings is 2. The fourth-order valence-corrected chi connectivity index (χ4v) is 1.98. The average molecular weight is 267 g/mol. The summed E-state index contributed by atoms with van der Waals surface area (Å²) in [4.78, 5) is 11.8. The molecule has 100 valence electrons. The molecular formula is C15H13N3O2. The van der Waals surface area contributed by atoms with Gasteiger partial charge in [0, 0.05) is 18.1 Å². The molecule has 5 nitrogen and oxygen atoms in total. The lowest BCUT2D eigenvalue weighted by molar-refractivity contribution is 0.215. The van der Waals surface area contributed by atoms with E-state index in [9.17, 15) is 4.79 Å². The lowest BCUT2D eigenvalue weighted by Gasteiger charge is -2.06. The van der Waals surface area contributed by atoms with Crippen LogP contribution >= 0.6 is 0 Å². The zero-order valence-electron chi connectivity index (χ0n) is 10.9. The Morgan fingerprint density at radius 1 is 1.20 bits per heavy atom. The summed E-state index contributed by atoms with van der Waals surface area (Å²) in [7, 11) is 1.87. The van der Waals surface area contributed by atoms with Gasteiger partial charge in [-0.2, -0.15) is 5.10 Å². The van der Waals surface area contributed by atoms with Crippen molar-refractivity contribution in [2.45, 2.75) is 0 Å². The standard InChI is InChI=1S/C15H13N3O2/c1-18-14-8-7-12(9-11(14)10-16-18)17-15(19)20-13-5-3-2-4-6-13/h2-10H,1H3,(H,17,19). The quantitative estimate of drug-likeness (QED) is 0.775. The summed E-state index contributed by atoms with van der Waals surface area (Å²) in [6.07, 6.45) is 1.24. The van der Waals surface area contributed by atoms with Gasteiger partial charge in [0.2, 0.25) is 0 Å². The van der Waals surface area contributed by atoms with Crippen LogP contribution in [0.2, 0.25) is 0 Å². The molecule has 0 radical (unpaired) electrons. The summed E-state index contributed by atoms with van der Waals surface area (Å²) in [5.41, 5.74) is 1.68. The molecule has 1 N–H and O–H groups in total. The summed E-state index contributed by atoms with van der Waals surface area (Å²) in [5.74, 6) is 0.507. The van der Waals surface area contributed by atoms with Gasteiger partial charge in [-0.3, -0.25) is 10.00 Å². The third-order valence-corrected chi connectivity index (χ3v) is 2.95. The molecule has 0 aliphatic rings. The van der Waals surface area contributed by atoms with Crippen LogP contribution in [-0.4, -0.2) is 15.9 Å². The van der Waals surface area contributed by atoms with Crippen LogP contribution in [0.25, 0.3) is 10.9 Å². The van der Waals surface area contributed by atoms with Crippen LogP contribution in [0.5, 0.6) is 5.75 Å². The molecule has 1 aromatic heterocycles. The second-order valence-electron chi connectivity index (χ2n) is 4.37. The van der Waals surface area contributed by atoms with E-state index in [4.69, 9.17) is 4.74 Å². The Morgan fingerprint density at radius 2 is 2.00 bits per heavy atom. The van der Waals surface area contributed by atoms with Crippen LogP contribution in [0.3, 0.4) is 0 Å². The Balaban J connectivity index is 1.74. The Labute approximate surface area is 115 Å². The lowest BCUT2D eigenvalue weighted by Crippen LogP contribution is -2.16. The zero-order valence-corrected chi connectivity index (χ0v) is 10.9. The zero-order chi connectivity index (χ0) is 13.9. The van der Waals surface area contributed by atoms with E-state index in [0.29, 0.717) is 11.4 Å². The van der Waals surface area contributed by atoms with Crippen LogP contribution in [0.15, 0.2) is 54.7 Å². The van der Waals surface area contributed by atoms with Crippen molar-refractivity contribution in [3.8, 4) is 5.75 Å². The van der Waals surface area contributed by atoms with Crippen molar-refractivity contribution in [3.63, 3.8) is 0 Å². The molecule has 0 aliphatic carbocycles. The Bertz CT molecular complexity index is 750. The maximum Gasteiger partial charge on any atom is 0.417 e. The maximum absolute atomic E-state index is 11.8. The molecule has 2 aromatic carbocycles. The first-order valence-electron chi connectivity index (χ1n) is 6.18. The highest BCUT2D eigenvalue weighted by molar-refractivity contribution is 5.90. The van der Waals surface area contributed by atoms with Crippen LogP contribution in [0.4, 0.5) is 10.5 Å². The van der Waals surface area contributed by atoms with Crippen molar-refractivity contribution in [3.05, 3.63) is 54.7 Å². The Morgan fingerprint density at radius 3 is 2.80 bits per heavy atom. The smallest absolute Gasteiger partial charge is 0.410 e. The van der Waals surface area contributed by atoms with E-state index in [2.05, 4.69) is 10.4 Å². The summed E-state index contributed by atoms with van der Waals surface area (Å²) in [6, 6.07) is 14.5. The lowest BCUT2D eigenvalue weighted by atomic mass is 10.2. The minimum absolute atomic E-state index is 0.507. The van der Waals surface area contributed by atoms with Gasteiger partial charge in [-0.05, 0) is 30.3 Å². The number of para-hydroxylation sites is 1. The molecule has 3 aromatic rings. The minimum atomic E-state index is -0.514. The number of anilines is 1. The van der Waals surface area contributed by atoms with E-state index in [1.807, 2.05) is 43.4 Å². The maximum atomic E-state index is 11.8. The molecule has 0 fully saturated rings. The molecule has 0 unspecified atom stereocenters. The number of rotatable bonds is 2. The normalized spacial score (nSPS) is 10.4. The van der Waals surface area contributed by atoms with E-state index in [0.717, 1.165) is 10.9 Å². The molecule has 0 bridgehead atoms. The van der Waals surface area contributed by atoms with Crippen molar-refractivity contribution in [2.24, 2.45) is 7.05 Å². The SMILES string of the molecule is Cn1ncc2cc(NC(=O)Oc3ccccc3)ccc21. The van der Waals surface area contributed by atoms with Crippen molar-refractivity contribution in [1.82, 2.24) is 9.78 Å². The first-order valence-corrected chi connectivity index (χ1v) is 6.18. The molecule has 3 rings (SSSR count).